The Hall–Kier alpha value is -0.340. The van der Waals surface area contributed by atoms with Crippen molar-refractivity contribution in [3.63, 3.8) is 0 Å². The predicted octanol–water partition coefficient (Wildman–Crippen LogP) is 2.33. The van der Waals surface area contributed by atoms with Gasteiger partial charge in [-0.3, -0.25) is 4.90 Å². The van der Waals surface area contributed by atoms with Crippen LogP contribution in [0.15, 0.2) is 12.2 Å². The molecule has 3 aliphatic rings. The van der Waals surface area contributed by atoms with Crippen LogP contribution in [0.3, 0.4) is 0 Å². The minimum absolute atomic E-state index is 0.0139. The number of hydrogen-bond donors (Lipinski definition) is 1. The molecule has 3 unspecified atom stereocenters. The zero-order valence-corrected chi connectivity index (χ0v) is 10.0. The number of allylic oxidation sites excluding steroid dienone is 2. The standard InChI is InChI=1S/C14H23NO/c16-14-8-12-6-7-13(9-14)15(12)10-11-4-2-1-3-5-11/h1-2,11-14,16H,3-10H2. The fourth-order valence-electron chi connectivity index (χ4n) is 3.86. The highest BCUT2D eigenvalue weighted by molar-refractivity contribution is 4.98. The van der Waals surface area contributed by atoms with Crippen molar-refractivity contribution in [3.8, 4) is 0 Å². The Bertz CT molecular complexity index is 262. The van der Waals surface area contributed by atoms with Gasteiger partial charge in [-0.05, 0) is 50.9 Å². The summed E-state index contributed by atoms with van der Waals surface area (Å²) < 4.78 is 0. The van der Waals surface area contributed by atoms with Crippen molar-refractivity contribution in [2.75, 3.05) is 6.54 Å². The van der Waals surface area contributed by atoms with E-state index in [4.69, 9.17) is 0 Å². The fourth-order valence-corrected chi connectivity index (χ4v) is 3.86. The van der Waals surface area contributed by atoms with Crippen molar-refractivity contribution in [2.45, 2.75) is 63.1 Å². The van der Waals surface area contributed by atoms with Gasteiger partial charge in [-0.15, -0.1) is 0 Å². The Labute approximate surface area is 98.3 Å². The van der Waals surface area contributed by atoms with Crippen LogP contribution >= 0.6 is 0 Å². The quantitative estimate of drug-likeness (QED) is 0.723. The van der Waals surface area contributed by atoms with Gasteiger partial charge < -0.3 is 5.11 Å². The lowest BCUT2D eigenvalue weighted by molar-refractivity contribution is 0.0261. The third-order valence-corrected chi connectivity index (χ3v) is 4.71. The molecule has 1 N–H and O–H groups in total. The van der Waals surface area contributed by atoms with Crippen LogP contribution in [-0.4, -0.2) is 34.7 Å². The van der Waals surface area contributed by atoms with Gasteiger partial charge in [0.25, 0.3) is 0 Å². The van der Waals surface area contributed by atoms with Gasteiger partial charge in [-0.1, -0.05) is 12.2 Å². The van der Waals surface area contributed by atoms with Crippen LogP contribution in [0.25, 0.3) is 0 Å². The SMILES string of the molecule is OC1CC2CCC(C1)N2CC1CC=CCC1. The molecule has 0 radical (unpaired) electrons. The predicted molar refractivity (Wildman–Crippen MR) is 65.2 cm³/mol. The molecule has 0 saturated carbocycles. The largest absolute Gasteiger partial charge is 0.393 e. The first-order chi connectivity index (χ1) is 7.83. The van der Waals surface area contributed by atoms with Crippen molar-refractivity contribution in [1.29, 1.82) is 0 Å². The van der Waals surface area contributed by atoms with Gasteiger partial charge in [0.1, 0.15) is 0 Å². The number of fused-ring (bicyclic) bond motifs is 2. The van der Waals surface area contributed by atoms with Gasteiger partial charge in [0.15, 0.2) is 0 Å². The molecule has 0 aromatic carbocycles. The number of aliphatic hydroxyl groups excluding tert-OH is 1. The molecule has 2 heterocycles. The van der Waals surface area contributed by atoms with Crippen LogP contribution in [0.1, 0.15) is 44.9 Å². The summed E-state index contributed by atoms with van der Waals surface area (Å²) in [7, 11) is 0. The fraction of sp³-hybridized carbons (Fsp3) is 0.857. The second-order valence-corrected chi connectivity index (χ2v) is 5.86. The van der Waals surface area contributed by atoms with Crippen LogP contribution in [-0.2, 0) is 0 Å². The van der Waals surface area contributed by atoms with Crippen molar-refractivity contribution in [3.05, 3.63) is 12.2 Å². The Balaban J connectivity index is 1.61. The third-order valence-electron chi connectivity index (χ3n) is 4.71. The zero-order chi connectivity index (χ0) is 11.0. The molecule has 3 atom stereocenters. The van der Waals surface area contributed by atoms with E-state index in [9.17, 15) is 5.11 Å². The normalized spacial score (nSPS) is 43.8. The maximum absolute atomic E-state index is 9.78. The van der Waals surface area contributed by atoms with Crippen molar-refractivity contribution < 1.29 is 5.11 Å². The van der Waals surface area contributed by atoms with Gasteiger partial charge >= 0.3 is 0 Å². The molecule has 3 rings (SSSR count). The average Bonchev–Trinajstić information content (AvgIpc) is 2.54. The third kappa shape index (κ3) is 2.05. The van der Waals surface area contributed by atoms with Crippen molar-refractivity contribution in [2.24, 2.45) is 5.92 Å². The molecule has 2 fully saturated rings. The van der Waals surface area contributed by atoms with E-state index < -0.39 is 0 Å². The Morgan fingerprint density at radius 1 is 1.06 bits per heavy atom. The summed E-state index contributed by atoms with van der Waals surface area (Å²) >= 11 is 0. The molecule has 0 aromatic rings. The topological polar surface area (TPSA) is 23.5 Å². The van der Waals surface area contributed by atoms with E-state index in [1.54, 1.807) is 0 Å². The highest BCUT2D eigenvalue weighted by atomic mass is 16.3. The summed E-state index contributed by atoms with van der Waals surface area (Å²) in [6, 6.07) is 1.39. The lowest BCUT2D eigenvalue weighted by Gasteiger charge is -2.39. The molecule has 90 valence electrons. The number of rotatable bonds is 2. The Morgan fingerprint density at radius 2 is 1.81 bits per heavy atom. The zero-order valence-electron chi connectivity index (χ0n) is 10.0. The second kappa shape index (κ2) is 4.50. The van der Waals surface area contributed by atoms with Crippen molar-refractivity contribution in [1.82, 2.24) is 4.90 Å². The monoisotopic (exact) mass is 221 g/mol. The van der Waals surface area contributed by atoms with Gasteiger partial charge in [0.05, 0.1) is 6.10 Å². The molecule has 16 heavy (non-hydrogen) atoms. The minimum atomic E-state index is -0.0139. The van der Waals surface area contributed by atoms with E-state index in [-0.39, 0.29) is 6.10 Å². The summed E-state index contributed by atoms with van der Waals surface area (Å²) in [5.41, 5.74) is 0. The number of aliphatic hydroxyl groups is 1. The van der Waals surface area contributed by atoms with Crippen LogP contribution in [0.2, 0.25) is 0 Å². The molecule has 2 bridgehead atoms. The summed E-state index contributed by atoms with van der Waals surface area (Å²) in [4.78, 5) is 2.72. The molecule has 2 saturated heterocycles. The second-order valence-electron chi connectivity index (χ2n) is 5.86. The summed E-state index contributed by atoms with van der Waals surface area (Å²) in [5, 5.41) is 9.78. The van der Waals surface area contributed by atoms with E-state index in [0.717, 1.165) is 18.8 Å². The van der Waals surface area contributed by atoms with Crippen molar-refractivity contribution >= 4 is 0 Å². The molecule has 1 aliphatic carbocycles. The first-order valence-corrected chi connectivity index (χ1v) is 6.91. The maximum atomic E-state index is 9.78. The highest BCUT2D eigenvalue weighted by Gasteiger charge is 2.40. The van der Waals surface area contributed by atoms with Crippen LogP contribution in [0.5, 0.6) is 0 Å². The Morgan fingerprint density at radius 3 is 2.44 bits per heavy atom. The number of piperidine rings is 1. The van der Waals surface area contributed by atoms with Gasteiger partial charge in [0.2, 0.25) is 0 Å². The average molecular weight is 221 g/mol. The first-order valence-electron chi connectivity index (χ1n) is 6.91. The lowest BCUT2D eigenvalue weighted by atomic mass is 9.91. The van der Waals surface area contributed by atoms with Gasteiger partial charge in [0, 0.05) is 18.6 Å². The molecule has 0 aromatic heterocycles. The first kappa shape index (κ1) is 10.8. The molecule has 2 aliphatic heterocycles. The highest BCUT2D eigenvalue weighted by Crippen LogP contribution is 2.37. The van der Waals surface area contributed by atoms with E-state index in [1.165, 1.54) is 38.6 Å². The summed E-state index contributed by atoms with van der Waals surface area (Å²) in [6.45, 7) is 1.28. The smallest absolute Gasteiger partial charge is 0.0570 e. The van der Waals surface area contributed by atoms with Gasteiger partial charge in [-0.25, -0.2) is 0 Å². The van der Waals surface area contributed by atoms with Crippen LogP contribution in [0, 0.1) is 5.92 Å². The number of nitrogens with zero attached hydrogens (tertiary/aromatic N) is 1. The summed E-state index contributed by atoms with van der Waals surface area (Å²) in [5.74, 6) is 0.878. The minimum Gasteiger partial charge on any atom is -0.393 e. The van der Waals surface area contributed by atoms with Crippen LogP contribution in [0.4, 0.5) is 0 Å². The van der Waals surface area contributed by atoms with Crippen LogP contribution < -0.4 is 0 Å². The molecule has 0 spiro atoms. The molecule has 2 heteroatoms. The van der Waals surface area contributed by atoms with E-state index in [0.29, 0.717) is 12.1 Å². The lowest BCUT2D eigenvalue weighted by Crippen LogP contribution is -2.46. The maximum Gasteiger partial charge on any atom is 0.0570 e. The number of hydrogen-bond acceptors (Lipinski definition) is 2. The van der Waals surface area contributed by atoms with E-state index in [2.05, 4.69) is 17.1 Å². The molecule has 2 nitrogen and oxygen atoms in total. The summed E-state index contributed by atoms with van der Waals surface area (Å²) in [6.07, 6.45) is 13.3. The molecular formula is C14H23NO. The molecule has 0 amide bonds. The van der Waals surface area contributed by atoms with Gasteiger partial charge in [-0.2, -0.15) is 0 Å². The van der Waals surface area contributed by atoms with E-state index >= 15 is 0 Å². The van der Waals surface area contributed by atoms with E-state index in [1.807, 2.05) is 0 Å². The Kier molecular flexibility index (Phi) is 3.03. The molecular weight excluding hydrogens is 198 g/mol.